The molecule has 34 heavy (non-hydrogen) atoms. The fraction of sp³-hybridized carbons (Fsp3) is 0.0769. The monoisotopic (exact) mass is 463 g/mol. The molecule has 0 unspecified atom stereocenters. The molecule has 0 bridgehead atoms. The van der Waals surface area contributed by atoms with Gasteiger partial charge in [-0.1, -0.05) is 19.6 Å². The summed E-state index contributed by atoms with van der Waals surface area (Å²) >= 11 is 1.70. The molecule has 0 saturated heterocycles. The van der Waals surface area contributed by atoms with Crippen LogP contribution >= 0.6 is 11.3 Å². The Morgan fingerprint density at radius 2 is 1.97 bits per heavy atom. The van der Waals surface area contributed by atoms with E-state index in [1.807, 2.05) is 36.8 Å². The average molecular weight is 464 g/mol. The summed E-state index contributed by atoms with van der Waals surface area (Å²) in [5.41, 5.74) is 8.98. The largest absolute Gasteiger partial charge is 0.358 e. The van der Waals surface area contributed by atoms with Crippen LogP contribution in [0, 0.1) is 0 Å². The van der Waals surface area contributed by atoms with Gasteiger partial charge in [-0.25, -0.2) is 4.98 Å². The molecular weight excluding hydrogens is 442 g/mol. The van der Waals surface area contributed by atoms with E-state index in [-0.39, 0.29) is 0 Å². The lowest BCUT2D eigenvalue weighted by molar-refractivity contribution is 1.11. The van der Waals surface area contributed by atoms with Crippen molar-refractivity contribution in [2.75, 3.05) is 5.32 Å². The molecule has 0 radical (unpaired) electrons. The van der Waals surface area contributed by atoms with Crippen molar-refractivity contribution in [1.29, 1.82) is 0 Å². The van der Waals surface area contributed by atoms with Gasteiger partial charge in [0.1, 0.15) is 11.2 Å². The molecule has 3 N–H and O–H groups in total. The number of aromatic nitrogens is 6. The first-order valence-corrected chi connectivity index (χ1v) is 11.8. The van der Waals surface area contributed by atoms with Crippen LogP contribution in [0.5, 0.6) is 0 Å². The number of nitrogens with one attached hydrogen (secondary N) is 3. The SMILES string of the molecule is C=C(CC)Nc1cncc(-c2ccc3[nH]nc(-c4cc5c(-c6cccs6)cncc5[nH]4)c3n2)c1. The highest BCUT2D eigenvalue weighted by Gasteiger charge is 2.16. The minimum atomic E-state index is 0.770. The second kappa shape index (κ2) is 8.24. The van der Waals surface area contributed by atoms with E-state index in [1.165, 1.54) is 4.88 Å². The first-order chi connectivity index (χ1) is 16.7. The van der Waals surface area contributed by atoms with Gasteiger partial charge in [0.2, 0.25) is 0 Å². The number of hydrogen-bond donors (Lipinski definition) is 3. The molecule has 0 aromatic carbocycles. The molecule has 0 aliphatic heterocycles. The maximum absolute atomic E-state index is 4.95. The summed E-state index contributed by atoms with van der Waals surface area (Å²) in [4.78, 5) is 18.4. The second-order valence-corrected chi connectivity index (χ2v) is 8.97. The number of thiophene rings is 1. The van der Waals surface area contributed by atoms with Crippen LogP contribution in [0.2, 0.25) is 0 Å². The number of anilines is 1. The molecule has 7 nitrogen and oxygen atoms in total. The van der Waals surface area contributed by atoms with Crippen LogP contribution in [0.3, 0.4) is 0 Å². The van der Waals surface area contributed by atoms with Crippen LogP contribution in [0.15, 0.2) is 78.8 Å². The van der Waals surface area contributed by atoms with Gasteiger partial charge in [-0.2, -0.15) is 5.10 Å². The highest BCUT2D eigenvalue weighted by atomic mass is 32.1. The first kappa shape index (κ1) is 20.3. The third-order valence-corrected chi connectivity index (χ3v) is 6.68. The van der Waals surface area contributed by atoms with Crippen molar-refractivity contribution in [2.45, 2.75) is 13.3 Å². The van der Waals surface area contributed by atoms with Gasteiger partial charge in [-0.15, -0.1) is 11.3 Å². The molecule has 166 valence electrons. The molecule has 0 aliphatic carbocycles. The lowest BCUT2D eigenvalue weighted by Crippen LogP contribution is -1.97. The normalized spacial score (nSPS) is 11.3. The van der Waals surface area contributed by atoms with E-state index >= 15 is 0 Å². The molecule has 0 atom stereocenters. The van der Waals surface area contributed by atoms with E-state index in [2.05, 4.69) is 67.5 Å². The Bertz CT molecular complexity index is 1640. The molecule has 8 heteroatoms. The van der Waals surface area contributed by atoms with Crippen LogP contribution < -0.4 is 5.32 Å². The van der Waals surface area contributed by atoms with Gasteiger partial charge in [-0.3, -0.25) is 15.1 Å². The van der Waals surface area contributed by atoms with Crippen molar-refractivity contribution in [3.63, 3.8) is 0 Å². The summed E-state index contributed by atoms with van der Waals surface area (Å²) in [6.45, 7) is 6.08. The van der Waals surface area contributed by atoms with Crippen LogP contribution in [-0.2, 0) is 0 Å². The Hall–Kier alpha value is -4.30. The Morgan fingerprint density at radius 1 is 1.06 bits per heavy atom. The maximum Gasteiger partial charge on any atom is 0.135 e. The van der Waals surface area contributed by atoms with Gasteiger partial charge in [0, 0.05) is 39.5 Å². The average Bonchev–Trinajstić information content (AvgIpc) is 3.62. The molecular formula is C26H21N7S. The van der Waals surface area contributed by atoms with E-state index in [0.717, 1.165) is 68.0 Å². The lowest BCUT2D eigenvalue weighted by atomic mass is 10.1. The molecule has 0 aliphatic rings. The Morgan fingerprint density at radius 3 is 2.82 bits per heavy atom. The smallest absolute Gasteiger partial charge is 0.135 e. The molecule has 0 saturated carbocycles. The van der Waals surface area contributed by atoms with Crippen LogP contribution in [-0.4, -0.2) is 30.1 Å². The number of allylic oxidation sites excluding steroid dienone is 1. The molecule has 0 spiro atoms. The summed E-state index contributed by atoms with van der Waals surface area (Å²) in [5, 5.41) is 14.2. The van der Waals surface area contributed by atoms with E-state index in [1.54, 1.807) is 17.5 Å². The Labute approximate surface area is 199 Å². The summed E-state index contributed by atoms with van der Waals surface area (Å²) in [6.07, 6.45) is 8.20. The Balaban J connectivity index is 1.43. The topological polar surface area (TPSA) is 95.2 Å². The van der Waals surface area contributed by atoms with Gasteiger partial charge >= 0.3 is 0 Å². The van der Waals surface area contributed by atoms with E-state index < -0.39 is 0 Å². The van der Waals surface area contributed by atoms with Crippen molar-refractivity contribution in [3.05, 3.63) is 78.8 Å². The summed E-state index contributed by atoms with van der Waals surface area (Å²) in [5.74, 6) is 0. The van der Waals surface area contributed by atoms with Crippen molar-refractivity contribution in [1.82, 2.24) is 30.1 Å². The quantitative estimate of drug-likeness (QED) is 0.258. The molecule has 6 aromatic heterocycles. The number of nitrogens with zero attached hydrogens (tertiary/aromatic N) is 4. The van der Waals surface area contributed by atoms with Gasteiger partial charge in [-0.05, 0) is 42.1 Å². The third kappa shape index (κ3) is 3.54. The molecule has 6 rings (SSSR count). The highest BCUT2D eigenvalue weighted by Crippen LogP contribution is 2.35. The zero-order valence-electron chi connectivity index (χ0n) is 18.5. The predicted octanol–water partition coefficient (Wildman–Crippen LogP) is 6.63. The fourth-order valence-corrected chi connectivity index (χ4v) is 4.75. The van der Waals surface area contributed by atoms with E-state index in [4.69, 9.17) is 4.98 Å². The Kier molecular flexibility index (Phi) is 4.92. The summed E-state index contributed by atoms with van der Waals surface area (Å²) in [7, 11) is 0. The third-order valence-electron chi connectivity index (χ3n) is 5.78. The zero-order valence-corrected chi connectivity index (χ0v) is 19.3. The van der Waals surface area contributed by atoms with Gasteiger partial charge < -0.3 is 10.3 Å². The fourth-order valence-electron chi connectivity index (χ4n) is 4.00. The molecule has 6 aromatic rings. The summed E-state index contributed by atoms with van der Waals surface area (Å²) < 4.78 is 0. The minimum Gasteiger partial charge on any atom is -0.358 e. The summed E-state index contributed by atoms with van der Waals surface area (Å²) in [6, 6.07) is 12.3. The van der Waals surface area contributed by atoms with Crippen LogP contribution in [0.1, 0.15) is 13.3 Å². The number of rotatable bonds is 6. The van der Waals surface area contributed by atoms with E-state index in [9.17, 15) is 0 Å². The van der Waals surface area contributed by atoms with Gasteiger partial charge in [0.15, 0.2) is 0 Å². The molecule has 0 amide bonds. The van der Waals surface area contributed by atoms with Gasteiger partial charge in [0.05, 0.1) is 40.5 Å². The number of pyridine rings is 3. The second-order valence-electron chi connectivity index (χ2n) is 8.02. The van der Waals surface area contributed by atoms with Crippen molar-refractivity contribution in [3.8, 4) is 33.1 Å². The predicted molar refractivity (Wildman–Crippen MR) is 139 cm³/mol. The standard InChI is InChI=1S/C26H21N7S/c1-3-15(2)29-17-9-16(11-27-12-17)20-6-7-21-25(31-20)26(33-32-21)22-10-18-19(24-5-4-8-34-24)13-28-14-23(18)30-22/h4-14,29-30H,2-3H2,1H3,(H,32,33). The minimum absolute atomic E-state index is 0.770. The molecule has 6 heterocycles. The number of aromatic amines is 2. The number of fused-ring (bicyclic) bond motifs is 2. The van der Waals surface area contributed by atoms with E-state index in [0.29, 0.717) is 0 Å². The number of H-pyrrole nitrogens is 2. The maximum atomic E-state index is 4.95. The molecule has 0 fully saturated rings. The highest BCUT2D eigenvalue weighted by molar-refractivity contribution is 7.13. The zero-order chi connectivity index (χ0) is 23.1. The first-order valence-electron chi connectivity index (χ1n) is 11.0. The lowest BCUT2D eigenvalue weighted by Gasteiger charge is -2.08. The number of hydrogen-bond acceptors (Lipinski definition) is 6. The van der Waals surface area contributed by atoms with Crippen molar-refractivity contribution < 1.29 is 0 Å². The van der Waals surface area contributed by atoms with Crippen LogP contribution in [0.25, 0.3) is 55.0 Å². The van der Waals surface area contributed by atoms with Crippen molar-refractivity contribution >= 4 is 39.0 Å². The van der Waals surface area contributed by atoms with Crippen LogP contribution in [0.4, 0.5) is 5.69 Å². The van der Waals surface area contributed by atoms with Gasteiger partial charge in [0.25, 0.3) is 0 Å². The van der Waals surface area contributed by atoms with Crippen molar-refractivity contribution in [2.24, 2.45) is 0 Å².